The Bertz CT molecular complexity index is 405. The van der Waals surface area contributed by atoms with Crippen LogP contribution >= 0.6 is 0 Å². The summed E-state index contributed by atoms with van der Waals surface area (Å²) in [6.07, 6.45) is 4.79. The van der Waals surface area contributed by atoms with Gasteiger partial charge in [0.05, 0.1) is 0 Å². The maximum atomic E-state index is 3.51. The molecule has 1 aliphatic rings. The van der Waals surface area contributed by atoms with Crippen molar-refractivity contribution in [3.8, 4) is 0 Å². The number of nitrogens with zero attached hydrogens (tertiary/aromatic N) is 1. The van der Waals surface area contributed by atoms with Crippen molar-refractivity contribution in [3.05, 3.63) is 29.3 Å². The summed E-state index contributed by atoms with van der Waals surface area (Å²) in [4.78, 5) is 2.61. The highest BCUT2D eigenvalue weighted by atomic mass is 15.2. The van der Waals surface area contributed by atoms with Crippen LogP contribution in [0.5, 0.6) is 0 Å². The Morgan fingerprint density at radius 2 is 1.84 bits per heavy atom. The molecule has 1 aromatic carbocycles. The molecule has 2 heteroatoms. The summed E-state index contributed by atoms with van der Waals surface area (Å²) in [5, 5.41) is 3.51. The van der Waals surface area contributed by atoms with Crippen LogP contribution in [0.2, 0.25) is 0 Å². The zero-order valence-corrected chi connectivity index (χ0v) is 12.9. The van der Waals surface area contributed by atoms with E-state index in [9.17, 15) is 0 Å². The standard InChI is InChI=1S/C17H28N2/c1-5-14-9-7-10-15(6-2)16(14)19-12-8-11-17(3,13-19)18-4/h7,9-10,18H,5-6,8,11-13H2,1-4H3. The maximum absolute atomic E-state index is 3.51. The van der Waals surface area contributed by atoms with Gasteiger partial charge in [-0.25, -0.2) is 0 Å². The third-order valence-electron chi connectivity index (χ3n) is 4.58. The Kier molecular flexibility index (Phi) is 4.51. The second-order valence-electron chi connectivity index (χ2n) is 5.97. The molecule has 0 amide bonds. The summed E-state index contributed by atoms with van der Waals surface area (Å²) in [6, 6.07) is 6.79. The summed E-state index contributed by atoms with van der Waals surface area (Å²) in [7, 11) is 2.09. The van der Waals surface area contributed by atoms with E-state index < -0.39 is 0 Å². The normalized spacial score (nSPS) is 23.7. The van der Waals surface area contributed by atoms with Crippen LogP contribution < -0.4 is 10.2 Å². The fourth-order valence-electron chi connectivity index (χ4n) is 3.26. The minimum absolute atomic E-state index is 0.254. The van der Waals surface area contributed by atoms with Gasteiger partial charge in [-0.2, -0.15) is 0 Å². The fourth-order valence-corrected chi connectivity index (χ4v) is 3.26. The zero-order valence-electron chi connectivity index (χ0n) is 12.9. The molecule has 1 fully saturated rings. The monoisotopic (exact) mass is 260 g/mol. The Hall–Kier alpha value is -1.02. The van der Waals surface area contributed by atoms with Gasteiger partial charge in [0.15, 0.2) is 0 Å². The molecular formula is C17H28N2. The van der Waals surface area contributed by atoms with E-state index in [1.165, 1.54) is 36.2 Å². The Balaban J connectivity index is 2.35. The molecule has 1 aliphatic heterocycles. The summed E-state index contributed by atoms with van der Waals surface area (Å²) in [5.41, 5.74) is 4.76. The lowest BCUT2D eigenvalue weighted by molar-refractivity contribution is 0.316. The molecule has 1 aromatic rings. The van der Waals surface area contributed by atoms with Gasteiger partial charge in [-0.1, -0.05) is 32.0 Å². The molecule has 1 saturated heterocycles. The number of anilines is 1. The second kappa shape index (κ2) is 5.96. The van der Waals surface area contributed by atoms with Gasteiger partial charge in [0.25, 0.3) is 0 Å². The Morgan fingerprint density at radius 3 is 2.37 bits per heavy atom. The number of hydrogen-bond acceptors (Lipinski definition) is 2. The minimum atomic E-state index is 0.254. The van der Waals surface area contributed by atoms with Gasteiger partial charge in [-0.3, -0.25) is 0 Å². The average Bonchev–Trinajstić information content (AvgIpc) is 2.46. The number of para-hydroxylation sites is 1. The Labute approximate surface area is 118 Å². The molecule has 0 saturated carbocycles. The highest BCUT2D eigenvalue weighted by Crippen LogP contribution is 2.32. The lowest BCUT2D eigenvalue weighted by atomic mass is 9.89. The van der Waals surface area contributed by atoms with Crippen LogP contribution in [0, 0.1) is 0 Å². The van der Waals surface area contributed by atoms with Crippen LogP contribution in [0.4, 0.5) is 5.69 Å². The minimum Gasteiger partial charge on any atom is -0.369 e. The van der Waals surface area contributed by atoms with Crippen molar-refractivity contribution in [2.24, 2.45) is 0 Å². The molecule has 0 aliphatic carbocycles. The summed E-state index contributed by atoms with van der Waals surface area (Å²) in [5.74, 6) is 0. The van der Waals surface area contributed by atoms with Crippen molar-refractivity contribution in [1.82, 2.24) is 5.32 Å². The van der Waals surface area contributed by atoms with Gasteiger partial charge in [-0.15, -0.1) is 0 Å². The van der Waals surface area contributed by atoms with E-state index in [2.05, 4.69) is 56.2 Å². The van der Waals surface area contributed by atoms with Crippen molar-refractivity contribution in [3.63, 3.8) is 0 Å². The number of likely N-dealkylation sites (N-methyl/N-ethyl adjacent to an activating group) is 1. The summed E-state index contributed by atoms with van der Waals surface area (Å²) in [6.45, 7) is 9.19. The highest BCUT2D eigenvalue weighted by Gasteiger charge is 2.30. The third kappa shape index (κ3) is 2.94. The molecule has 0 radical (unpaired) electrons. The number of rotatable bonds is 4. The summed E-state index contributed by atoms with van der Waals surface area (Å²) < 4.78 is 0. The maximum Gasteiger partial charge on any atom is 0.0431 e. The first kappa shape index (κ1) is 14.4. The molecular weight excluding hydrogens is 232 g/mol. The van der Waals surface area contributed by atoms with Gasteiger partial charge in [0, 0.05) is 24.3 Å². The van der Waals surface area contributed by atoms with Gasteiger partial charge < -0.3 is 10.2 Å². The number of hydrogen-bond donors (Lipinski definition) is 1. The van der Waals surface area contributed by atoms with Gasteiger partial charge in [0.2, 0.25) is 0 Å². The van der Waals surface area contributed by atoms with E-state index in [4.69, 9.17) is 0 Å². The molecule has 19 heavy (non-hydrogen) atoms. The molecule has 0 aromatic heterocycles. The van der Waals surface area contributed by atoms with Crippen LogP contribution in [0.15, 0.2) is 18.2 Å². The second-order valence-corrected chi connectivity index (χ2v) is 5.97. The first-order valence-electron chi connectivity index (χ1n) is 7.68. The van der Waals surface area contributed by atoms with E-state index in [1.807, 2.05) is 0 Å². The van der Waals surface area contributed by atoms with Crippen molar-refractivity contribution in [2.75, 3.05) is 25.0 Å². The van der Waals surface area contributed by atoms with E-state index in [1.54, 1.807) is 0 Å². The number of benzene rings is 1. The molecule has 1 heterocycles. The average molecular weight is 260 g/mol. The molecule has 1 N–H and O–H groups in total. The third-order valence-corrected chi connectivity index (χ3v) is 4.58. The highest BCUT2D eigenvalue weighted by molar-refractivity contribution is 5.60. The molecule has 1 atom stereocenters. The van der Waals surface area contributed by atoms with E-state index in [-0.39, 0.29) is 5.54 Å². The largest absolute Gasteiger partial charge is 0.369 e. The predicted molar refractivity (Wildman–Crippen MR) is 84.1 cm³/mol. The predicted octanol–water partition coefficient (Wildman–Crippen LogP) is 3.39. The van der Waals surface area contributed by atoms with Gasteiger partial charge in [-0.05, 0) is 50.8 Å². The van der Waals surface area contributed by atoms with Crippen LogP contribution in [0.3, 0.4) is 0 Å². The van der Waals surface area contributed by atoms with E-state index >= 15 is 0 Å². The SMILES string of the molecule is CCc1cccc(CC)c1N1CCCC(C)(NC)C1. The van der Waals surface area contributed by atoms with E-state index in [0.717, 1.165) is 19.4 Å². The number of nitrogens with one attached hydrogen (secondary N) is 1. The quantitative estimate of drug-likeness (QED) is 0.892. The zero-order chi connectivity index (χ0) is 13.9. The molecule has 2 nitrogen and oxygen atoms in total. The Morgan fingerprint density at radius 1 is 1.21 bits per heavy atom. The van der Waals surface area contributed by atoms with Crippen LogP contribution in [-0.2, 0) is 12.8 Å². The summed E-state index contributed by atoms with van der Waals surface area (Å²) >= 11 is 0. The van der Waals surface area contributed by atoms with Crippen molar-refractivity contribution >= 4 is 5.69 Å². The first-order chi connectivity index (χ1) is 9.13. The lowest BCUT2D eigenvalue weighted by Crippen LogP contribution is -2.54. The molecule has 1 unspecified atom stereocenters. The van der Waals surface area contributed by atoms with Crippen molar-refractivity contribution < 1.29 is 0 Å². The topological polar surface area (TPSA) is 15.3 Å². The van der Waals surface area contributed by atoms with Crippen LogP contribution in [-0.4, -0.2) is 25.7 Å². The smallest absolute Gasteiger partial charge is 0.0431 e. The first-order valence-corrected chi connectivity index (χ1v) is 7.68. The molecule has 0 spiro atoms. The van der Waals surface area contributed by atoms with Crippen LogP contribution in [0.1, 0.15) is 44.7 Å². The van der Waals surface area contributed by atoms with E-state index in [0.29, 0.717) is 0 Å². The fraction of sp³-hybridized carbons (Fsp3) is 0.647. The van der Waals surface area contributed by atoms with Crippen LogP contribution in [0.25, 0.3) is 0 Å². The van der Waals surface area contributed by atoms with Gasteiger partial charge >= 0.3 is 0 Å². The molecule has 2 rings (SSSR count). The van der Waals surface area contributed by atoms with Crippen molar-refractivity contribution in [2.45, 2.75) is 52.0 Å². The number of aryl methyl sites for hydroxylation is 2. The van der Waals surface area contributed by atoms with Gasteiger partial charge in [0.1, 0.15) is 0 Å². The molecule has 0 bridgehead atoms. The lowest BCUT2D eigenvalue weighted by Gasteiger charge is -2.43. The van der Waals surface area contributed by atoms with Crippen molar-refractivity contribution in [1.29, 1.82) is 0 Å². The molecule has 106 valence electrons. The number of piperidine rings is 1.